The van der Waals surface area contributed by atoms with Gasteiger partial charge in [-0.15, -0.1) is 0 Å². The van der Waals surface area contributed by atoms with Gasteiger partial charge in [-0.3, -0.25) is 10.1 Å². The molecule has 0 saturated carbocycles. The fraction of sp³-hybridized carbons (Fsp3) is 0.429. The quantitative estimate of drug-likeness (QED) is 0.523. The molecule has 1 unspecified atom stereocenters. The van der Waals surface area contributed by atoms with E-state index in [4.69, 9.17) is 9.47 Å². The van der Waals surface area contributed by atoms with Gasteiger partial charge >= 0.3 is 6.18 Å². The van der Waals surface area contributed by atoms with Crippen LogP contribution in [0.15, 0.2) is 18.2 Å². The van der Waals surface area contributed by atoms with Crippen LogP contribution in [0, 0.1) is 30.9 Å². The van der Waals surface area contributed by atoms with E-state index in [1.807, 2.05) is 13.8 Å². The molecule has 0 saturated heterocycles. The molecule has 0 aromatic heterocycles. The van der Waals surface area contributed by atoms with Crippen molar-refractivity contribution in [3.05, 3.63) is 56.1 Å². The number of halogens is 3. The van der Waals surface area contributed by atoms with Gasteiger partial charge in [0, 0.05) is 11.6 Å². The van der Waals surface area contributed by atoms with Crippen molar-refractivity contribution >= 4 is 5.69 Å². The molecule has 1 aliphatic rings. The highest BCUT2D eigenvalue weighted by Crippen LogP contribution is 2.44. The van der Waals surface area contributed by atoms with E-state index in [1.54, 1.807) is 13.8 Å². The summed E-state index contributed by atoms with van der Waals surface area (Å²) in [5, 5.41) is 21.1. The summed E-state index contributed by atoms with van der Waals surface area (Å²) in [7, 11) is 0. The molecule has 0 amide bonds. The second kappa shape index (κ2) is 7.37. The first kappa shape index (κ1) is 21.7. The van der Waals surface area contributed by atoms with Gasteiger partial charge in [0.05, 0.1) is 4.92 Å². The van der Waals surface area contributed by atoms with Gasteiger partial charge < -0.3 is 14.6 Å². The number of alkyl halides is 3. The Balaban J connectivity index is 1.85. The summed E-state index contributed by atoms with van der Waals surface area (Å²) in [6.45, 7) is 7.20. The molecule has 2 aromatic rings. The standard InChI is InChI=1S/C21H22F3NO5/c1-11-12(2)19-15(13(3)18(11)26)7-8-20(4,30-19)10-29-14-5-6-17(25(27)28)16(9-14)21(22,23)24/h5-6,9,26H,7-8,10H2,1-4H3. The van der Waals surface area contributed by atoms with Crippen molar-refractivity contribution in [2.75, 3.05) is 6.61 Å². The minimum atomic E-state index is -4.87. The monoisotopic (exact) mass is 425 g/mol. The molecule has 1 aliphatic heterocycles. The van der Waals surface area contributed by atoms with Gasteiger partial charge in [0.25, 0.3) is 5.69 Å². The second-order valence-corrected chi connectivity index (χ2v) is 7.81. The highest BCUT2D eigenvalue weighted by Gasteiger charge is 2.39. The van der Waals surface area contributed by atoms with E-state index in [9.17, 15) is 28.4 Å². The van der Waals surface area contributed by atoms with Crippen molar-refractivity contribution < 1.29 is 32.7 Å². The van der Waals surface area contributed by atoms with Crippen LogP contribution in [0.4, 0.5) is 18.9 Å². The van der Waals surface area contributed by atoms with Crippen LogP contribution in [0.25, 0.3) is 0 Å². The van der Waals surface area contributed by atoms with Gasteiger partial charge in [-0.05, 0) is 69.4 Å². The molecule has 1 N–H and O–H groups in total. The summed E-state index contributed by atoms with van der Waals surface area (Å²) in [6, 6.07) is 2.57. The lowest BCUT2D eigenvalue weighted by atomic mass is 9.87. The van der Waals surface area contributed by atoms with Crippen LogP contribution in [-0.2, 0) is 12.6 Å². The highest BCUT2D eigenvalue weighted by molar-refractivity contribution is 5.58. The van der Waals surface area contributed by atoms with E-state index in [2.05, 4.69) is 0 Å². The van der Waals surface area contributed by atoms with Crippen LogP contribution in [-0.4, -0.2) is 22.2 Å². The average Bonchev–Trinajstić information content (AvgIpc) is 2.68. The van der Waals surface area contributed by atoms with Crippen molar-refractivity contribution in [2.45, 2.75) is 52.3 Å². The Hall–Kier alpha value is -2.97. The Morgan fingerprint density at radius 1 is 1.23 bits per heavy atom. The summed E-state index contributed by atoms with van der Waals surface area (Å²) >= 11 is 0. The van der Waals surface area contributed by atoms with E-state index >= 15 is 0 Å². The second-order valence-electron chi connectivity index (χ2n) is 7.81. The Labute approximate surface area is 171 Å². The zero-order valence-corrected chi connectivity index (χ0v) is 17.0. The third-order valence-electron chi connectivity index (χ3n) is 5.61. The molecule has 3 rings (SSSR count). The van der Waals surface area contributed by atoms with Gasteiger partial charge in [-0.25, -0.2) is 0 Å². The molecule has 1 heterocycles. The van der Waals surface area contributed by atoms with Gasteiger partial charge in [0.2, 0.25) is 0 Å². The number of rotatable bonds is 4. The molecule has 2 aromatic carbocycles. The van der Waals surface area contributed by atoms with Crippen molar-refractivity contribution in [3.8, 4) is 17.2 Å². The van der Waals surface area contributed by atoms with E-state index < -0.39 is 28.0 Å². The first-order valence-electron chi connectivity index (χ1n) is 9.33. The zero-order valence-electron chi connectivity index (χ0n) is 17.0. The summed E-state index contributed by atoms with van der Waals surface area (Å²) in [5.41, 5.74) is -0.0272. The van der Waals surface area contributed by atoms with Gasteiger partial charge in [0.1, 0.15) is 35.0 Å². The fourth-order valence-electron chi connectivity index (χ4n) is 3.62. The molecule has 0 radical (unpaired) electrons. The number of aromatic hydroxyl groups is 1. The maximum atomic E-state index is 13.2. The number of phenols is 1. The molecule has 30 heavy (non-hydrogen) atoms. The van der Waals surface area contributed by atoms with Crippen molar-refractivity contribution in [1.82, 2.24) is 0 Å². The first-order valence-corrected chi connectivity index (χ1v) is 9.33. The van der Waals surface area contributed by atoms with Gasteiger partial charge in [0.15, 0.2) is 0 Å². The zero-order chi connectivity index (χ0) is 22.4. The molecular weight excluding hydrogens is 403 g/mol. The van der Waals surface area contributed by atoms with Crippen LogP contribution in [0.5, 0.6) is 17.2 Å². The predicted molar refractivity (Wildman–Crippen MR) is 103 cm³/mol. The highest BCUT2D eigenvalue weighted by atomic mass is 19.4. The van der Waals surface area contributed by atoms with E-state index in [0.29, 0.717) is 30.2 Å². The molecule has 0 spiro atoms. The van der Waals surface area contributed by atoms with Crippen LogP contribution in [0.2, 0.25) is 0 Å². The topological polar surface area (TPSA) is 81.8 Å². The number of nitro benzene ring substituents is 1. The summed E-state index contributed by atoms with van der Waals surface area (Å²) in [5.74, 6) is 0.762. The molecule has 162 valence electrons. The van der Waals surface area contributed by atoms with Crippen LogP contribution in [0.3, 0.4) is 0 Å². The van der Waals surface area contributed by atoms with Crippen molar-refractivity contribution in [1.29, 1.82) is 0 Å². The Morgan fingerprint density at radius 2 is 1.90 bits per heavy atom. The Morgan fingerprint density at radius 3 is 2.50 bits per heavy atom. The summed E-state index contributed by atoms with van der Waals surface area (Å²) in [6.07, 6.45) is -3.73. The average molecular weight is 425 g/mol. The number of phenolic OH excluding ortho intramolecular Hbond substituents is 1. The smallest absolute Gasteiger partial charge is 0.423 e. The number of ether oxygens (including phenoxy) is 2. The Kier molecular flexibility index (Phi) is 5.34. The molecule has 0 aliphatic carbocycles. The van der Waals surface area contributed by atoms with E-state index in [1.165, 1.54) is 0 Å². The SMILES string of the molecule is Cc1c(C)c2c(c(C)c1O)CCC(C)(COc1ccc([N+](=O)[O-])c(C(F)(F)F)c1)O2. The molecule has 0 bridgehead atoms. The normalized spacial score (nSPS) is 18.5. The fourth-order valence-corrected chi connectivity index (χ4v) is 3.62. The maximum Gasteiger partial charge on any atom is 0.423 e. The predicted octanol–water partition coefficient (Wildman–Crippen LogP) is 5.41. The maximum absolute atomic E-state index is 13.2. The lowest BCUT2D eigenvalue weighted by molar-refractivity contribution is -0.388. The van der Waals surface area contributed by atoms with Gasteiger partial charge in [-0.2, -0.15) is 13.2 Å². The summed E-state index contributed by atoms with van der Waals surface area (Å²) < 4.78 is 51.3. The minimum Gasteiger partial charge on any atom is -0.507 e. The van der Waals surface area contributed by atoms with Crippen molar-refractivity contribution in [3.63, 3.8) is 0 Å². The number of benzene rings is 2. The molecule has 6 nitrogen and oxygen atoms in total. The molecular formula is C21H22F3NO5. The van der Waals surface area contributed by atoms with Crippen LogP contribution >= 0.6 is 0 Å². The van der Waals surface area contributed by atoms with Crippen LogP contribution in [0.1, 0.15) is 41.2 Å². The minimum absolute atomic E-state index is 0.0417. The summed E-state index contributed by atoms with van der Waals surface area (Å²) in [4.78, 5) is 9.82. The first-order chi connectivity index (χ1) is 13.8. The largest absolute Gasteiger partial charge is 0.507 e. The third kappa shape index (κ3) is 3.88. The lowest BCUT2D eigenvalue weighted by Gasteiger charge is -2.37. The Bertz CT molecular complexity index is 1020. The number of hydrogen-bond acceptors (Lipinski definition) is 5. The lowest BCUT2D eigenvalue weighted by Crippen LogP contribution is -2.42. The van der Waals surface area contributed by atoms with Crippen molar-refractivity contribution in [2.24, 2.45) is 0 Å². The van der Waals surface area contributed by atoms with E-state index in [0.717, 1.165) is 28.8 Å². The van der Waals surface area contributed by atoms with Crippen LogP contribution < -0.4 is 9.47 Å². The molecule has 0 fully saturated rings. The van der Waals surface area contributed by atoms with E-state index in [-0.39, 0.29) is 18.1 Å². The molecule has 1 atom stereocenters. The third-order valence-corrected chi connectivity index (χ3v) is 5.61. The number of nitrogens with zero attached hydrogens (tertiary/aromatic N) is 1. The van der Waals surface area contributed by atoms with Gasteiger partial charge in [-0.1, -0.05) is 0 Å². The number of hydrogen-bond donors (Lipinski definition) is 1. The number of nitro groups is 1. The number of fused-ring (bicyclic) bond motifs is 1. The molecule has 9 heteroatoms.